The first-order valence-corrected chi connectivity index (χ1v) is 6.87. The van der Waals surface area contributed by atoms with Crippen LogP contribution in [0, 0.1) is 5.92 Å². The van der Waals surface area contributed by atoms with Gasteiger partial charge in [-0.25, -0.2) is 9.00 Å². The minimum absolute atomic E-state index is 0.00865. The summed E-state index contributed by atoms with van der Waals surface area (Å²) in [7, 11) is -3.55. The highest BCUT2D eigenvalue weighted by Gasteiger charge is 2.48. The van der Waals surface area contributed by atoms with Crippen molar-refractivity contribution in [3.05, 3.63) is 0 Å². The van der Waals surface area contributed by atoms with E-state index in [1.54, 1.807) is 0 Å². The predicted octanol–water partition coefficient (Wildman–Crippen LogP) is 1.34. The molecule has 2 unspecified atom stereocenters. The lowest BCUT2D eigenvalue weighted by molar-refractivity contribution is -0.151. The molecule has 1 amide bonds. The third kappa shape index (κ3) is 3.34. The van der Waals surface area contributed by atoms with Gasteiger partial charge in [-0.05, 0) is 6.92 Å². The van der Waals surface area contributed by atoms with Gasteiger partial charge in [0.15, 0.2) is 0 Å². The van der Waals surface area contributed by atoms with Crippen molar-refractivity contribution in [3.63, 3.8) is 0 Å². The second-order valence-electron chi connectivity index (χ2n) is 3.50. The quantitative estimate of drug-likeness (QED) is 0.789. The molecule has 10 heteroatoms. The van der Waals surface area contributed by atoms with Gasteiger partial charge < -0.3 is 10.2 Å². The van der Waals surface area contributed by atoms with E-state index in [0.717, 1.165) is 6.26 Å². The molecule has 104 valence electrons. The van der Waals surface area contributed by atoms with Crippen molar-refractivity contribution in [1.82, 2.24) is 5.43 Å². The molecule has 2 atom stereocenters. The first kappa shape index (κ1) is 14.7. The van der Waals surface area contributed by atoms with Crippen LogP contribution in [0.15, 0.2) is 9.46 Å². The molecule has 1 rings (SSSR count). The lowest BCUT2D eigenvalue weighted by Gasteiger charge is -2.15. The maximum atomic E-state index is 12.6. The number of hydrogen-bond acceptors (Lipinski definition) is 5. The molecule has 18 heavy (non-hydrogen) atoms. The van der Waals surface area contributed by atoms with E-state index in [1.165, 1.54) is 6.92 Å². The Labute approximate surface area is 102 Å². The van der Waals surface area contributed by atoms with Crippen molar-refractivity contribution in [3.8, 4) is 0 Å². The topological polar surface area (TPSA) is 80.1 Å². The number of carbonyl (C=O) groups excluding carboxylic acids is 1. The summed E-state index contributed by atoms with van der Waals surface area (Å²) in [6.45, 7) is 0.978. The van der Waals surface area contributed by atoms with Crippen LogP contribution in [0.25, 0.3) is 0 Å². The van der Waals surface area contributed by atoms with Gasteiger partial charge >= 0.3 is 12.3 Å². The van der Waals surface area contributed by atoms with Gasteiger partial charge in [0.25, 0.3) is 0 Å². The Morgan fingerprint density at radius 2 is 2.28 bits per heavy atom. The normalized spacial score (nSPS) is 22.7. The molecule has 1 aliphatic rings. The predicted molar refractivity (Wildman–Crippen MR) is 58.5 cm³/mol. The van der Waals surface area contributed by atoms with Gasteiger partial charge in [0.2, 0.25) is 0 Å². The fraction of sp³-hybridized carbons (Fsp3) is 0.750. The molecule has 0 saturated heterocycles. The Morgan fingerprint density at radius 3 is 2.78 bits per heavy atom. The number of hydrazone groups is 1. The highest BCUT2D eigenvalue weighted by atomic mass is 32.2. The van der Waals surface area contributed by atoms with Crippen molar-refractivity contribution in [2.24, 2.45) is 15.4 Å². The molecule has 0 radical (unpaired) electrons. The number of halogens is 3. The number of alkyl halides is 3. The van der Waals surface area contributed by atoms with Crippen LogP contribution in [-0.2, 0) is 14.5 Å². The van der Waals surface area contributed by atoms with E-state index >= 15 is 0 Å². The van der Waals surface area contributed by atoms with E-state index < -0.39 is 39.5 Å². The Kier molecular flexibility index (Phi) is 4.20. The zero-order valence-corrected chi connectivity index (χ0v) is 10.5. The van der Waals surface area contributed by atoms with E-state index in [2.05, 4.69) is 19.6 Å². The van der Waals surface area contributed by atoms with Crippen molar-refractivity contribution in [2.45, 2.75) is 13.1 Å². The van der Waals surface area contributed by atoms with Crippen LogP contribution < -0.4 is 5.43 Å². The molecule has 0 aromatic carbocycles. The largest absolute Gasteiger partial charge is 0.448 e. The number of nitrogens with one attached hydrogen (secondary N) is 1. The summed E-state index contributed by atoms with van der Waals surface area (Å²) in [5, 5.41) is 2.66. The summed E-state index contributed by atoms with van der Waals surface area (Å²) in [4.78, 5) is 11.0. The number of carbonyl (C=O) groups is 1. The maximum Gasteiger partial charge on any atom is 0.442 e. The van der Waals surface area contributed by atoms with E-state index in [0.29, 0.717) is 0 Å². The van der Waals surface area contributed by atoms with Crippen LogP contribution in [0.2, 0.25) is 0 Å². The molecule has 1 N–H and O–H groups in total. The highest BCUT2D eigenvalue weighted by Crippen LogP contribution is 2.31. The molecule has 0 aromatic rings. The minimum Gasteiger partial charge on any atom is -0.448 e. The van der Waals surface area contributed by atoms with Crippen molar-refractivity contribution in [2.75, 3.05) is 19.4 Å². The van der Waals surface area contributed by atoms with Gasteiger partial charge in [0, 0.05) is 6.26 Å². The molecular weight excluding hydrogens is 275 g/mol. The molecule has 0 fully saturated rings. The lowest BCUT2D eigenvalue weighted by atomic mass is 10.2. The van der Waals surface area contributed by atoms with Crippen LogP contribution >= 0.6 is 0 Å². The third-order valence-corrected chi connectivity index (χ3v) is 3.73. The number of rotatable bonds is 1. The number of hydrogen-bond donors (Lipinski definition) is 1. The summed E-state index contributed by atoms with van der Waals surface area (Å²) < 4.78 is 57.4. The molecule has 0 spiro atoms. The zero-order chi connectivity index (χ0) is 14.0. The molecule has 0 aliphatic carbocycles. The van der Waals surface area contributed by atoms with Crippen LogP contribution in [0.4, 0.5) is 18.0 Å². The molecule has 1 heterocycles. The molecular formula is C8H12F3N3O3S. The minimum atomic E-state index is -4.59. The van der Waals surface area contributed by atoms with Gasteiger partial charge in [-0.3, -0.25) is 0 Å². The number of nitrogens with zero attached hydrogens (tertiary/aromatic N) is 2. The van der Waals surface area contributed by atoms with E-state index in [9.17, 15) is 22.2 Å². The number of ether oxygens (including phenoxy) is 1. The van der Waals surface area contributed by atoms with Crippen molar-refractivity contribution >= 4 is 20.9 Å². The van der Waals surface area contributed by atoms with Crippen LogP contribution in [0.5, 0.6) is 0 Å². The van der Waals surface area contributed by atoms with E-state index in [1.807, 2.05) is 0 Å². The Bertz CT molecular complexity index is 480. The van der Waals surface area contributed by atoms with Gasteiger partial charge in [-0.1, -0.05) is 0 Å². The average Bonchev–Trinajstić information content (AvgIpc) is 2.64. The van der Waals surface area contributed by atoms with Gasteiger partial charge in [-0.2, -0.15) is 18.3 Å². The van der Waals surface area contributed by atoms with Gasteiger partial charge in [0.05, 0.1) is 22.9 Å². The summed E-state index contributed by atoms with van der Waals surface area (Å²) in [5.74, 6) is -2.01. The summed E-state index contributed by atoms with van der Waals surface area (Å²) in [6, 6.07) is 0. The highest BCUT2D eigenvalue weighted by molar-refractivity contribution is 8.08. The SMILES string of the molecule is CCOC(=O)N=S(C)(=O)C1=NNCC1C(F)(F)F. The zero-order valence-electron chi connectivity index (χ0n) is 9.65. The molecule has 0 saturated carbocycles. The first-order valence-electron chi connectivity index (χ1n) is 4.94. The van der Waals surface area contributed by atoms with Gasteiger partial charge in [0.1, 0.15) is 11.0 Å². The average molecular weight is 287 g/mol. The molecule has 1 aliphatic heterocycles. The fourth-order valence-electron chi connectivity index (χ4n) is 1.32. The second kappa shape index (κ2) is 5.12. The summed E-state index contributed by atoms with van der Waals surface area (Å²) in [6.07, 6.45) is -4.83. The fourth-order valence-corrected chi connectivity index (χ4v) is 2.73. The molecule has 0 bridgehead atoms. The standard InChI is InChI=1S/C8H12F3N3O3S/c1-3-17-7(15)14-18(2,16)6-5(4-12-13-6)8(9,10)11/h5,12H,3-4H2,1-2H3. The lowest BCUT2D eigenvalue weighted by Crippen LogP contribution is -2.35. The maximum absolute atomic E-state index is 12.6. The van der Waals surface area contributed by atoms with E-state index in [4.69, 9.17) is 0 Å². The molecule has 0 aromatic heterocycles. The van der Waals surface area contributed by atoms with Crippen LogP contribution in [0.1, 0.15) is 6.92 Å². The Balaban J connectivity index is 3.06. The van der Waals surface area contributed by atoms with Crippen LogP contribution in [-0.4, -0.2) is 40.9 Å². The van der Waals surface area contributed by atoms with Crippen LogP contribution in [0.3, 0.4) is 0 Å². The molecule has 6 nitrogen and oxygen atoms in total. The van der Waals surface area contributed by atoms with Crippen molar-refractivity contribution < 1.29 is 26.9 Å². The smallest absolute Gasteiger partial charge is 0.442 e. The van der Waals surface area contributed by atoms with Gasteiger partial charge in [-0.15, -0.1) is 4.36 Å². The third-order valence-electron chi connectivity index (χ3n) is 2.08. The summed E-state index contributed by atoms with van der Waals surface area (Å²) in [5.41, 5.74) is 2.12. The van der Waals surface area contributed by atoms with E-state index in [-0.39, 0.29) is 6.61 Å². The summed E-state index contributed by atoms with van der Waals surface area (Å²) >= 11 is 0. The second-order valence-corrected chi connectivity index (χ2v) is 5.71. The first-order chi connectivity index (χ1) is 8.18. The van der Waals surface area contributed by atoms with Crippen molar-refractivity contribution in [1.29, 1.82) is 0 Å². The number of amides is 1. The Morgan fingerprint density at radius 1 is 1.67 bits per heavy atom. The monoisotopic (exact) mass is 287 g/mol. The Hall–Kier alpha value is -1.32.